The molecule has 0 saturated carbocycles. The van der Waals surface area contributed by atoms with Crippen molar-refractivity contribution in [1.82, 2.24) is 0 Å². The summed E-state index contributed by atoms with van der Waals surface area (Å²) >= 11 is 0. The van der Waals surface area contributed by atoms with E-state index in [0.717, 1.165) is 28.7 Å². The first-order valence-corrected chi connectivity index (χ1v) is 12.6. The third-order valence-corrected chi connectivity index (χ3v) is 6.49. The second kappa shape index (κ2) is 12.2. The lowest BCUT2D eigenvalue weighted by Crippen LogP contribution is -2.49. The van der Waals surface area contributed by atoms with Crippen LogP contribution >= 0.6 is 0 Å². The average Bonchev–Trinajstić information content (AvgIpc) is 2.90. The third kappa shape index (κ3) is 7.51. The molecule has 37 heavy (non-hydrogen) atoms. The summed E-state index contributed by atoms with van der Waals surface area (Å²) in [5.41, 5.74) is 4.83. The zero-order chi connectivity index (χ0) is 26.3. The molecule has 194 valence electrons. The molecule has 4 rings (SSSR count). The van der Waals surface area contributed by atoms with Gasteiger partial charge in [-0.3, -0.25) is 4.79 Å². The monoisotopic (exact) mass is 502 g/mol. The molecular formula is C31H34O6. The minimum Gasteiger partial charge on any atom is -0.465 e. The Bertz CT molecular complexity index is 1200. The molecule has 0 N–H and O–H groups in total. The molecule has 1 saturated heterocycles. The van der Waals surface area contributed by atoms with E-state index in [1.165, 1.54) is 7.11 Å². The third-order valence-electron chi connectivity index (χ3n) is 6.49. The van der Waals surface area contributed by atoms with Crippen LogP contribution in [0.1, 0.15) is 52.9 Å². The van der Waals surface area contributed by atoms with Gasteiger partial charge in [-0.25, -0.2) is 4.79 Å². The molecule has 0 bridgehead atoms. The number of esters is 2. The van der Waals surface area contributed by atoms with Gasteiger partial charge in [0.05, 0.1) is 25.4 Å². The Labute approximate surface area is 218 Å². The Hall–Kier alpha value is -3.48. The van der Waals surface area contributed by atoms with Crippen molar-refractivity contribution in [3.05, 3.63) is 107 Å². The maximum Gasteiger partial charge on any atom is 0.337 e. The maximum atomic E-state index is 12.9. The standard InChI is InChI=1S/C31H34O6/c1-31(2)36-21-27(30(33)35-20-23-9-5-4-6-10-23)28(37-31)16-15-22-11-7-12-24(17-22)18-25-13-8-14-26(19-25)29(32)34-3/h4-14,17,19,27-28H,15-16,18,20-21H2,1-3H3/t27-,28-/m1/s1. The van der Waals surface area contributed by atoms with Gasteiger partial charge >= 0.3 is 11.9 Å². The van der Waals surface area contributed by atoms with Crippen molar-refractivity contribution in [3.8, 4) is 0 Å². The van der Waals surface area contributed by atoms with Crippen molar-refractivity contribution in [2.45, 2.75) is 51.6 Å². The second-order valence-electron chi connectivity index (χ2n) is 9.79. The molecule has 0 aliphatic carbocycles. The summed E-state index contributed by atoms with van der Waals surface area (Å²) in [7, 11) is 1.38. The maximum absolute atomic E-state index is 12.9. The Kier molecular flexibility index (Phi) is 8.74. The first-order valence-electron chi connectivity index (χ1n) is 12.6. The van der Waals surface area contributed by atoms with Crippen LogP contribution in [-0.2, 0) is 43.2 Å². The molecule has 0 spiro atoms. The zero-order valence-corrected chi connectivity index (χ0v) is 21.6. The summed E-state index contributed by atoms with van der Waals surface area (Å²) in [6, 6.07) is 25.5. The van der Waals surface area contributed by atoms with Gasteiger partial charge in [0.1, 0.15) is 12.5 Å². The van der Waals surface area contributed by atoms with Gasteiger partial charge < -0.3 is 18.9 Å². The van der Waals surface area contributed by atoms with Crippen LogP contribution in [0.4, 0.5) is 0 Å². The normalized spacial score (nSPS) is 18.7. The minimum atomic E-state index is -0.757. The van der Waals surface area contributed by atoms with Crippen molar-refractivity contribution in [3.63, 3.8) is 0 Å². The largest absolute Gasteiger partial charge is 0.465 e. The fourth-order valence-corrected chi connectivity index (χ4v) is 4.56. The molecular weight excluding hydrogens is 468 g/mol. The highest BCUT2D eigenvalue weighted by atomic mass is 16.7. The summed E-state index contributed by atoms with van der Waals surface area (Å²) in [5.74, 6) is -1.88. The van der Waals surface area contributed by atoms with Crippen molar-refractivity contribution >= 4 is 11.9 Å². The van der Waals surface area contributed by atoms with E-state index < -0.39 is 11.7 Å². The molecule has 2 atom stereocenters. The summed E-state index contributed by atoms with van der Waals surface area (Å²) in [6.07, 6.45) is 1.80. The number of rotatable bonds is 9. The van der Waals surface area contributed by atoms with E-state index >= 15 is 0 Å². The lowest BCUT2D eigenvalue weighted by Gasteiger charge is -2.40. The molecule has 0 amide bonds. The van der Waals surface area contributed by atoms with Gasteiger partial charge in [0.25, 0.3) is 0 Å². The molecule has 3 aromatic rings. The number of hydrogen-bond donors (Lipinski definition) is 0. The average molecular weight is 503 g/mol. The van der Waals surface area contributed by atoms with Crippen molar-refractivity contribution in [2.75, 3.05) is 13.7 Å². The minimum absolute atomic E-state index is 0.228. The highest BCUT2D eigenvalue weighted by molar-refractivity contribution is 5.89. The molecule has 1 aliphatic heterocycles. The fraction of sp³-hybridized carbons (Fsp3) is 0.355. The molecule has 1 fully saturated rings. The van der Waals surface area contributed by atoms with E-state index in [1.54, 1.807) is 6.07 Å². The second-order valence-corrected chi connectivity index (χ2v) is 9.79. The lowest BCUT2D eigenvalue weighted by molar-refractivity contribution is -0.292. The van der Waals surface area contributed by atoms with Gasteiger partial charge in [-0.05, 0) is 67.5 Å². The van der Waals surface area contributed by atoms with Crippen LogP contribution in [0.5, 0.6) is 0 Å². The Balaban J connectivity index is 1.39. The van der Waals surface area contributed by atoms with E-state index in [4.69, 9.17) is 18.9 Å². The number of aryl methyl sites for hydroxylation is 1. The Morgan fingerprint density at radius 1 is 0.892 bits per heavy atom. The van der Waals surface area contributed by atoms with Crippen LogP contribution in [0.15, 0.2) is 78.9 Å². The first-order chi connectivity index (χ1) is 17.8. The van der Waals surface area contributed by atoms with E-state index in [2.05, 4.69) is 18.2 Å². The molecule has 1 aliphatic rings. The lowest BCUT2D eigenvalue weighted by atomic mass is 9.94. The zero-order valence-electron chi connectivity index (χ0n) is 21.6. The van der Waals surface area contributed by atoms with Gasteiger partial charge in [0.2, 0.25) is 0 Å². The predicted molar refractivity (Wildman–Crippen MR) is 140 cm³/mol. The summed E-state index contributed by atoms with van der Waals surface area (Å²) in [5, 5.41) is 0. The highest BCUT2D eigenvalue weighted by Crippen LogP contribution is 2.30. The Morgan fingerprint density at radius 2 is 1.57 bits per heavy atom. The highest BCUT2D eigenvalue weighted by Gasteiger charge is 2.40. The first kappa shape index (κ1) is 26.6. The van der Waals surface area contributed by atoms with Crippen LogP contribution in [0, 0.1) is 5.92 Å². The molecule has 3 aromatic carbocycles. The van der Waals surface area contributed by atoms with Crippen LogP contribution in [0.2, 0.25) is 0 Å². The molecule has 1 heterocycles. The topological polar surface area (TPSA) is 71.1 Å². The van der Waals surface area contributed by atoms with E-state index in [1.807, 2.05) is 68.4 Å². The van der Waals surface area contributed by atoms with Crippen LogP contribution in [0.25, 0.3) is 0 Å². The number of carbonyl (C=O) groups excluding carboxylic acids is 2. The van der Waals surface area contributed by atoms with Crippen molar-refractivity contribution < 1.29 is 28.5 Å². The van der Waals surface area contributed by atoms with Crippen molar-refractivity contribution in [2.24, 2.45) is 5.92 Å². The fourth-order valence-electron chi connectivity index (χ4n) is 4.56. The number of benzene rings is 3. The molecule has 0 radical (unpaired) electrons. The van der Waals surface area contributed by atoms with E-state index in [0.29, 0.717) is 18.4 Å². The molecule has 6 heteroatoms. The molecule has 0 unspecified atom stereocenters. The smallest absolute Gasteiger partial charge is 0.337 e. The van der Waals surface area contributed by atoms with Gasteiger partial charge in [0.15, 0.2) is 5.79 Å². The van der Waals surface area contributed by atoms with Gasteiger partial charge in [-0.1, -0.05) is 66.7 Å². The number of carbonyl (C=O) groups is 2. The van der Waals surface area contributed by atoms with Gasteiger partial charge in [-0.2, -0.15) is 0 Å². The van der Waals surface area contributed by atoms with Crippen LogP contribution in [-0.4, -0.2) is 37.5 Å². The molecule has 6 nitrogen and oxygen atoms in total. The van der Waals surface area contributed by atoms with Crippen LogP contribution < -0.4 is 0 Å². The predicted octanol–water partition coefficient (Wildman–Crippen LogP) is 5.51. The van der Waals surface area contributed by atoms with E-state index in [9.17, 15) is 9.59 Å². The summed E-state index contributed by atoms with van der Waals surface area (Å²) in [4.78, 5) is 24.8. The number of methoxy groups -OCH3 is 1. The summed E-state index contributed by atoms with van der Waals surface area (Å²) < 4.78 is 22.4. The Morgan fingerprint density at radius 3 is 2.32 bits per heavy atom. The van der Waals surface area contributed by atoms with Crippen LogP contribution in [0.3, 0.4) is 0 Å². The quantitative estimate of drug-likeness (QED) is 0.360. The van der Waals surface area contributed by atoms with E-state index in [-0.39, 0.29) is 31.3 Å². The molecule has 0 aromatic heterocycles. The van der Waals surface area contributed by atoms with Crippen molar-refractivity contribution in [1.29, 1.82) is 0 Å². The summed E-state index contributed by atoms with van der Waals surface area (Å²) in [6.45, 7) is 4.23. The number of hydrogen-bond acceptors (Lipinski definition) is 6. The van der Waals surface area contributed by atoms with Gasteiger partial charge in [-0.15, -0.1) is 0 Å². The van der Waals surface area contributed by atoms with Gasteiger partial charge in [0, 0.05) is 0 Å². The number of ether oxygens (including phenoxy) is 4. The SMILES string of the molecule is COC(=O)c1cccc(Cc2cccc(CC[C@H]3OC(C)(C)OC[C@H]3C(=O)OCc3ccccc3)c2)c1.